The van der Waals surface area contributed by atoms with E-state index in [2.05, 4.69) is 6.58 Å². The van der Waals surface area contributed by atoms with Crippen molar-refractivity contribution in [1.29, 1.82) is 0 Å². The van der Waals surface area contributed by atoms with E-state index in [1.165, 1.54) is 6.07 Å². The van der Waals surface area contributed by atoms with E-state index in [4.69, 9.17) is 10.2 Å². The van der Waals surface area contributed by atoms with Gasteiger partial charge in [-0.05, 0) is 11.5 Å². The molecule has 0 aliphatic rings. The van der Waals surface area contributed by atoms with Crippen LogP contribution in [0.5, 0.6) is 0 Å². The number of hydrogen-bond acceptors (Lipinski definition) is 4. The number of rotatable bonds is 3. The van der Waals surface area contributed by atoms with E-state index in [0.29, 0.717) is 10.8 Å². The van der Waals surface area contributed by atoms with Gasteiger partial charge in [0.25, 0.3) is 5.69 Å². The van der Waals surface area contributed by atoms with Crippen LogP contribution in [-0.4, -0.2) is 27.1 Å². The molecule has 110 valence electrons. The molecule has 0 aliphatic heterocycles. The Morgan fingerprint density at radius 1 is 1.14 bits per heavy atom. The Kier molecular flexibility index (Phi) is 7.62. The predicted octanol–water partition coefficient (Wildman–Crippen LogP) is 2.70. The summed E-state index contributed by atoms with van der Waals surface area (Å²) in [5.41, 5.74) is -0.644. The second-order valence-electron chi connectivity index (χ2n) is 3.79. The van der Waals surface area contributed by atoms with Crippen LogP contribution in [0.25, 0.3) is 10.8 Å². The van der Waals surface area contributed by atoms with Crippen molar-refractivity contribution in [2.24, 2.45) is 0 Å². The second kappa shape index (κ2) is 8.64. The minimum atomic E-state index is -1.29. The van der Waals surface area contributed by atoms with Crippen LogP contribution < -0.4 is 0 Å². The third kappa shape index (κ3) is 4.75. The summed E-state index contributed by atoms with van der Waals surface area (Å²) < 4.78 is 0. The molecular weight excluding hydrogens is 344 g/mol. The molecule has 0 aromatic heterocycles. The Morgan fingerprint density at radius 2 is 1.68 bits per heavy atom. The third-order valence-electron chi connectivity index (χ3n) is 2.49. The summed E-state index contributed by atoms with van der Waals surface area (Å²) in [5.74, 6) is -2.27. The van der Waals surface area contributed by atoms with E-state index in [1.54, 1.807) is 30.3 Å². The van der Waals surface area contributed by atoms with Crippen LogP contribution >= 0.6 is 0 Å². The first-order valence-electron chi connectivity index (χ1n) is 5.63. The van der Waals surface area contributed by atoms with Crippen molar-refractivity contribution >= 4 is 28.4 Å². The Morgan fingerprint density at radius 3 is 2.14 bits per heavy atom. The molecule has 8 heteroatoms. The SMILES string of the molecule is C=CC(=O)O.O=C(O)c1c([N+](=O)[O-])ccc2ccccc12.[Zn]. The summed E-state index contributed by atoms with van der Waals surface area (Å²) in [6, 6.07) is 9.43. The van der Waals surface area contributed by atoms with Crippen molar-refractivity contribution in [3.05, 3.63) is 64.7 Å². The number of benzene rings is 2. The van der Waals surface area contributed by atoms with Crippen LogP contribution in [0.15, 0.2) is 49.1 Å². The van der Waals surface area contributed by atoms with E-state index < -0.39 is 16.9 Å². The average Bonchev–Trinajstić information content (AvgIpc) is 2.46. The van der Waals surface area contributed by atoms with E-state index in [-0.39, 0.29) is 30.7 Å². The molecular formula is C14H11NO6Zn. The van der Waals surface area contributed by atoms with Crippen molar-refractivity contribution in [2.45, 2.75) is 0 Å². The summed E-state index contributed by atoms with van der Waals surface area (Å²) in [4.78, 5) is 30.3. The van der Waals surface area contributed by atoms with Gasteiger partial charge in [0.15, 0.2) is 0 Å². The molecule has 0 aliphatic carbocycles. The zero-order chi connectivity index (χ0) is 16.0. The molecule has 22 heavy (non-hydrogen) atoms. The van der Waals surface area contributed by atoms with Crippen LogP contribution in [0.1, 0.15) is 10.4 Å². The van der Waals surface area contributed by atoms with E-state index >= 15 is 0 Å². The molecule has 0 spiro atoms. The number of nitro benzene ring substituents is 1. The number of hydrogen-bond donors (Lipinski definition) is 2. The van der Waals surface area contributed by atoms with Gasteiger partial charge in [0.05, 0.1) is 4.92 Å². The van der Waals surface area contributed by atoms with E-state index in [0.717, 1.165) is 6.08 Å². The van der Waals surface area contributed by atoms with Crippen LogP contribution in [0, 0.1) is 10.1 Å². The smallest absolute Gasteiger partial charge is 0.343 e. The molecule has 2 aromatic carbocycles. The van der Waals surface area contributed by atoms with Crippen LogP contribution in [0.4, 0.5) is 5.69 Å². The van der Waals surface area contributed by atoms with Crippen molar-refractivity contribution < 1.29 is 44.2 Å². The monoisotopic (exact) mass is 353 g/mol. The quantitative estimate of drug-likeness (QED) is 0.378. The molecule has 0 radical (unpaired) electrons. The van der Waals surface area contributed by atoms with Gasteiger partial charge in [-0.1, -0.05) is 30.8 Å². The fourth-order valence-corrected chi connectivity index (χ4v) is 1.64. The van der Waals surface area contributed by atoms with Gasteiger partial charge in [-0.25, -0.2) is 9.59 Å². The Labute approximate surface area is 137 Å². The third-order valence-corrected chi connectivity index (χ3v) is 2.49. The number of carboxylic acid groups (broad SMARTS) is 2. The van der Waals surface area contributed by atoms with E-state index in [9.17, 15) is 19.7 Å². The maximum absolute atomic E-state index is 11.0. The fraction of sp³-hybridized carbons (Fsp3) is 0. The Hall–Kier alpha value is -2.60. The Bertz CT molecular complexity index is 728. The molecule has 0 unspecified atom stereocenters. The molecule has 0 fully saturated rings. The Balaban J connectivity index is 0.000000644. The second-order valence-corrected chi connectivity index (χ2v) is 3.79. The molecule has 0 heterocycles. The molecule has 0 bridgehead atoms. The summed E-state index contributed by atoms with van der Waals surface area (Å²) in [7, 11) is 0. The first-order valence-corrected chi connectivity index (χ1v) is 5.63. The number of nitro groups is 1. The molecule has 0 amide bonds. The number of carbonyl (C=O) groups is 2. The molecule has 0 saturated carbocycles. The standard InChI is InChI=1S/C11H7NO4.C3H4O2.Zn/c13-11(14)10-8-4-2-1-3-7(8)5-6-9(10)12(15)16;1-2-3(4)5;/h1-6H,(H,13,14);2H,1H2,(H,4,5);. The van der Waals surface area contributed by atoms with Crippen molar-refractivity contribution in [1.82, 2.24) is 0 Å². The zero-order valence-corrected chi connectivity index (χ0v) is 14.4. The van der Waals surface area contributed by atoms with Gasteiger partial charge in [0, 0.05) is 37.0 Å². The van der Waals surface area contributed by atoms with Crippen LogP contribution in [0.3, 0.4) is 0 Å². The summed E-state index contributed by atoms with van der Waals surface area (Å²) in [5, 5.41) is 28.4. The van der Waals surface area contributed by atoms with Gasteiger partial charge in [0.2, 0.25) is 0 Å². The van der Waals surface area contributed by atoms with Gasteiger partial charge < -0.3 is 10.2 Å². The number of aliphatic carboxylic acids is 1. The maximum atomic E-state index is 11.0. The van der Waals surface area contributed by atoms with Gasteiger partial charge in [-0.3, -0.25) is 10.1 Å². The first kappa shape index (κ1) is 19.4. The number of nitrogens with zero attached hydrogens (tertiary/aromatic N) is 1. The minimum Gasteiger partial charge on any atom is -0.478 e. The normalized spacial score (nSPS) is 8.91. The minimum absolute atomic E-state index is 0. The van der Waals surface area contributed by atoms with Crippen LogP contribution in [-0.2, 0) is 24.3 Å². The topological polar surface area (TPSA) is 118 Å². The summed E-state index contributed by atoms with van der Waals surface area (Å²) in [6.07, 6.45) is 0.833. The molecule has 0 atom stereocenters. The van der Waals surface area contributed by atoms with Gasteiger partial charge >= 0.3 is 11.9 Å². The van der Waals surface area contributed by atoms with Crippen molar-refractivity contribution in [3.8, 4) is 0 Å². The largest absolute Gasteiger partial charge is 0.478 e. The number of fused-ring (bicyclic) bond motifs is 1. The molecule has 0 saturated heterocycles. The van der Waals surface area contributed by atoms with E-state index in [1.807, 2.05) is 0 Å². The first-order chi connectivity index (χ1) is 9.88. The summed E-state index contributed by atoms with van der Waals surface area (Å²) in [6.45, 7) is 2.96. The van der Waals surface area contributed by atoms with Crippen molar-refractivity contribution in [3.63, 3.8) is 0 Å². The predicted molar refractivity (Wildman–Crippen MR) is 75.4 cm³/mol. The zero-order valence-electron chi connectivity index (χ0n) is 11.4. The van der Waals surface area contributed by atoms with Gasteiger partial charge in [0.1, 0.15) is 5.56 Å². The molecule has 7 nitrogen and oxygen atoms in total. The summed E-state index contributed by atoms with van der Waals surface area (Å²) >= 11 is 0. The van der Waals surface area contributed by atoms with Crippen molar-refractivity contribution in [2.75, 3.05) is 0 Å². The molecule has 2 rings (SSSR count). The van der Waals surface area contributed by atoms with Crippen LogP contribution in [0.2, 0.25) is 0 Å². The molecule has 2 N–H and O–H groups in total. The maximum Gasteiger partial charge on any atom is 0.343 e. The fourth-order valence-electron chi connectivity index (χ4n) is 1.64. The average molecular weight is 355 g/mol. The number of aromatic carboxylic acids is 1. The molecule has 2 aromatic rings. The van der Waals surface area contributed by atoms with Gasteiger partial charge in [-0.2, -0.15) is 0 Å². The number of carboxylic acids is 2. The van der Waals surface area contributed by atoms with Gasteiger partial charge in [-0.15, -0.1) is 0 Å².